The lowest BCUT2D eigenvalue weighted by Gasteiger charge is -2.48. The first-order valence-electron chi connectivity index (χ1n) is 13.6. The number of quaternary nitrogens is 2. The van der Waals surface area contributed by atoms with Gasteiger partial charge in [-0.05, 0) is 39.7 Å². The number of Topliss-reactive ketones (excluding diaryl/α,β-unsaturated/α-hetero) is 1. The molecule has 0 aromatic carbocycles. The standard InChI is InChI=1S/C16H32N2O2.C10H19N2O.C4H6O.4CH4.2ClH/c1-8-14(13(2)19)12-16(3,4)15(20)17-10-9-11-18(5,6)7;1-8(2)10(13)11-7-6-9(11)12(3,4)5;1-3-4(2)5;;;;;;/h14H,8-12H2,1-7H3;9H,1,6-7H2,2-5H3;3H,1H2,2H3;4*1H4;2*1H/q;+1;;;;;;;/p-1. The van der Waals surface area contributed by atoms with E-state index in [9.17, 15) is 19.2 Å². The lowest BCUT2D eigenvalue weighted by atomic mass is 9.79. The number of carbonyl (C=O) groups is 4. The van der Waals surface area contributed by atoms with E-state index in [4.69, 9.17) is 0 Å². The number of rotatable bonds is 12. The van der Waals surface area contributed by atoms with E-state index in [1.54, 1.807) is 13.8 Å². The summed E-state index contributed by atoms with van der Waals surface area (Å²) < 4.78 is 1.72. The highest BCUT2D eigenvalue weighted by atomic mass is 35.5. The van der Waals surface area contributed by atoms with Crippen LogP contribution in [0, 0.1) is 11.3 Å². The number of nitrogens with one attached hydrogen (secondary N) is 1. The summed E-state index contributed by atoms with van der Waals surface area (Å²) in [7, 11) is 12.8. The van der Waals surface area contributed by atoms with Gasteiger partial charge in [0, 0.05) is 42.8 Å². The molecule has 8 nitrogen and oxygen atoms in total. The average molecular weight is 674 g/mol. The van der Waals surface area contributed by atoms with Crippen molar-refractivity contribution in [1.82, 2.24) is 10.2 Å². The Balaban J connectivity index is -0.0000000788. The third kappa shape index (κ3) is 26.6. The van der Waals surface area contributed by atoms with E-state index in [-0.39, 0.29) is 83.8 Å². The van der Waals surface area contributed by atoms with Crippen molar-refractivity contribution in [3.63, 3.8) is 0 Å². The Morgan fingerprint density at radius 3 is 1.64 bits per heavy atom. The van der Waals surface area contributed by atoms with Gasteiger partial charge >= 0.3 is 0 Å². The van der Waals surface area contributed by atoms with Crippen molar-refractivity contribution >= 4 is 23.4 Å². The highest BCUT2D eigenvalue weighted by Crippen LogP contribution is 2.28. The zero-order valence-corrected chi connectivity index (χ0v) is 28.8. The topological polar surface area (TPSA) is 83.6 Å². The largest absolute Gasteiger partial charge is 1.00 e. The normalized spacial score (nSPS) is 13.7. The second kappa shape index (κ2) is 27.6. The summed E-state index contributed by atoms with van der Waals surface area (Å²) in [4.78, 5) is 46.9. The van der Waals surface area contributed by atoms with Gasteiger partial charge in [-0.2, -0.15) is 0 Å². The minimum Gasteiger partial charge on any atom is -1.00 e. The van der Waals surface area contributed by atoms with Gasteiger partial charge in [-0.1, -0.05) is 63.6 Å². The summed E-state index contributed by atoms with van der Waals surface area (Å²) in [5, 5.41) is 3.00. The van der Waals surface area contributed by atoms with Gasteiger partial charge in [-0.3, -0.25) is 24.1 Å². The van der Waals surface area contributed by atoms with Gasteiger partial charge in [0.2, 0.25) is 5.91 Å². The molecule has 1 N–H and O–H groups in total. The number of ketones is 2. The number of hydrogen-bond donors (Lipinski definition) is 1. The van der Waals surface area contributed by atoms with E-state index in [2.05, 4.69) is 60.8 Å². The van der Waals surface area contributed by atoms with Gasteiger partial charge in [0.05, 0.1) is 48.8 Å². The number of nitrogens with zero attached hydrogens (tertiary/aromatic N) is 3. The Morgan fingerprint density at radius 1 is 0.955 bits per heavy atom. The van der Waals surface area contributed by atoms with Crippen molar-refractivity contribution in [3.05, 3.63) is 24.8 Å². The third-order valence-corrected chi connectivity index (χ3v) is 6.53. The van der Waals surface area contributed by atoms with Crippen LogP contribution >= 0.6 is 0 Å². The zero-order chi connectivity index (χ0) is 30.5. The van der Waals surface area contributed by atoms with Crippen LogP contribution < -0.4 is 30.1 Å². The number of hydrogen-bond acceptors (Lipinski definition) is 4. The summed E-state index contributed by atoms with van der Waals surface area (Å²) in [6.45, 7) is 20.2. The smallest absolute Gasteiger partial charge is 0.253 e. The van der Waals surface area contributed by atoms with Crippen molar-refractivity contribution in [2.45, 2.75) is 103 Å². The molecule has 1 fully saturated rings. The van der Waals surface area contributed by atoms with Crippen molar-refractivity contribution in [1.29, 1.82) is 0 Å². The molecule has 1 aliphatic heterocycles. The fraction of sp³-hybridized carbons (Fsp3) is 0.765. The van der Waals surface area contributed by atoms with Crippen molar-refractivity contribution in [2.24, 2.45) is 11.3 Å². The molecule has 1 aliphatic rings. The maximum atomic E-state index is 12.2. The van der Waals surface area contributed by atoms with Crippen LogP contribution in [0.5, 0.6) is 0 Å². The van der Waals surface area contributed by atoms with Gasteiger partial charge in [-0.25, -0.2) is 0 Å². The first kappa shape index (κ1) is 61.3. The maximum Gasteiger partial charge on any atom is 0.253 e. The molecule has 0 aliphatic carbocycles. The molecular weight excluding hydrogens is 599 g/mol. The highest BCUT2D eigenvalue weighted by molar-refractivity contribution is 5.92. The molecule has 0 bridgehead atoms. The quantitative estimate of drug-likeness (QED) is 0.185. The monoisotopic (exact) mass is 673 g/mol. The molecule has 0 spiro atoms. The molecule has 10 heteroatoms. The van der Waals surface area contributed by atoms with Crippen molar-refractivity contribution in [3.8, 4) is 0 Å². The molecule has 44 heavy (non-hydrogen) atoms. The van der Waals surface area contributed by atoms with Crippen LogP contribution in [-0.4, -0.2) is 105 Å². The van der Waals surface area contributed by atoms with Crippen LogP contribution in [0.4, 0.5) is 0 Å². The maximum absolute atomic E-state index is 12.2. The molecule has 1 rings (SSSR count). The summed E-state index contributed by atoms with van der Waals surface area (Å²) >= 11 is 0. The number of amides is 2. The second-order valence-electron chi connectivity index (χ2n) is 12.9. The van der Waals surface area contributed by atoms with Crippen LogP contribution in [0.25, 0.3) is 0 Å². The van der Waals surface area contributed by atoms with Gasteiger partial charge in [0.15, 0.2) is 11.9 Å². The van der Waals surface area contributed by atoms with Gasteiger partial charge in [0.1, 0.15) is 5.78 Å². The van der Waals surface area contributed by atoms with Gasteiger partial charge in [-0.15, -0.1) is 0 Å². The van der Waals surface area contributed by atoms with Crippen molar-refractivity contribution < 1.29 is 53.0 Å². The van der Waals surface area contributed by atoms with Crippen LogP contribution in [0.1, 0.15) is 96.9 Å². The van der Waals surface area contributed by atoms with E-state index < -0.39 is 5.41 Å². The summed E-state index contributed by atoms with van der Waals surface area (Å²) in [6, 6.07) is 0. The summed E-state index contributed by atoms with van der Waals surface area (Å²) in [5.41, 5.74) is 0.154. The Bertz CT molecular complexity index is 832. The lowest BCUT2D eigenvalue weighted by Crippen LogP contribution is -3.00. The van der Waals surface area contributed by atoms with Crippen molar-refractivity contribution in [2.75, 3.05) is 61.9 Å². The minimum atomic E-state index is -0.483. The van der Waals surface area contributed by atoms with Crippen LogP contribution in [-0.2, 0) is 19.2 Å². The molecule has 268 valence electrons. The lowest BCUT2D eigenvalue weighted by molar-refractivity contribution is -0.913. The van der Waals surface area contributed by atoms with Gasteiger partial charge < -0.3 is 39.1 Å². The second-order valence-corrected chi connectivity index (χ2v) is 12.9. The predicted octanol–water partition coefficient (Wildman–Crippen LogP) is 0.371. The molecule has 2 unspecified atom stereocenters. The fourth-order valence-corrected chi connectivity index (χ4v) is 3.94. The number of allylic oxidation sites excluding steroid dienone is 1. The summed E-state index contributed by atoms with van der Waals surface area (Å²) in [6.07, 6.45) is 5.11. The molecular formula is C34H74Cl2N4O4. The number of likely N-dealkylation sites (tertiary alicyclic amines) is 1. The van der Waals surface area contributed by atoms with Crippen LogP contribution in [0.3, 0.4) is 0 Å². The minimum absolute atomic E-state index is 0. The Labute approximate surface area is 287 Å². The molecule has 0 saturated carbocycles. The third-order valence-electron chi connectivity index (χ3n) is 6.53. The fourth-order valence-electron chi connectivity index (χ4n) is 3.94. The Hall–Kier alpha value is -1.74. The van der Waals surface area contributed by atoms with E-state index in [0.717, 1.165) is 41.3 Å². The summed E-state index contributed by atoms with van der Waals surface area (Å²) in [5.74, 6) is 0.341. The van der Waals surface area contributed by atoms with Crippen LogP contribution in [0.2, 0.25) is 0 Å². The Kier molecular flexibility index (Phi) is 38.4. The first-order chi connectivity index (χ1) is 17.1. The van der Waals surface area contributed by atoms with E-state index in [0.29, 0.717) is 24.7 Å². The molecule has 0 radical (unpaired) electrons. The van der Waals surface area contributed by atoms with Gasteiger partial charge in [0.25, 0.3) is 5.91 Å². The first-order valence-corrected chi connectivity index (χ1v) is 13.6. The predicted molar refractivity (Wildman–Crippen MR) is 184 cm³/mol. The highest BCUT2D eigenvalue weighted by Gasteiger charge is 2.41. The molecule has 2 atom stereocenters. The number of carbonyl (C=O) groups excluding carboxylic acids is 4. The molecule has 1 saturated heterocycles. The van der Waals surface area contributed by atoms with E-state index in [1.165, 1.54) is 13.0 Å². The van der Waals surface area contributed by atoms with E-state index in [1.807, 2.05) is 25.7 Å². The number of halogens is 2. The SMILES string of the molecule is C.C.C.C.C=C(C)C(=O)N1CCC1[N+](C)(C)C.C=CC(C)=O.CCC(CC(C)(C)C(=O)NCCC[N+](C)(C)C)C(C)=O.[Cl-].[Cl-]. The Morgan fingerprint density at radius 2 is 1.39 bits per heavy atom. The van der Waals surface area contributed by atoms with E-state index >= 15 is 0 Å². The average Bonchev–Trinajstić information content (AvgIpc) is 2.72. The molecule has 0 aromatic heterocycles. The zero-order valence-electron chi connectivity index (χ0n) is 27.3. The molecule has 2 amide bonds. The molecule has 1 heterocycles. The molecule has 0 aromatic rings. The van der Waals surface area contributed by atoms with Crippen LogP contribution in [0.15, 0.2) is 24.8 Å².